The summed E-state index contributed by atoms with van der Waals surface area (Å²) in [6.07, 6.45) is 1.40. The summed E-state index contributed by atoms with van der Waals surface area (Å²) in [4.78, 5) is 0. The van der Waals surface area contributed by atoms with Gasteiger partial charge in [-0.05, 0) is 64.4 Å². The number of hydrogen-bond donors (Lipinski definition) is 0. The molecule has 0 saturated carbocycles. The van der Waals surface area contributed by atoms with Gasteiger partial charge in [-0.15, -0.1) is 0 Å². The molecule has 0 amide bonds. The van der Waals surface area contributed by atoms with E-state index in [1.54, 1.807) is 6.07 Å². The lowest BCUT2D eigenvalue weighted by Crippen LogP contribution is -2.21. The van der Waals surface area contributed by atoms with Gasteiger partial charge in [0.1, 0.15) is 17.4 Å². The van der Waals surface area contributed by atoms with Crippen molar-refractivity contribution >= 4 is 6.08 Å². The number of unbranched alkanes of at least 4 members (excludes halogenated alkanes) is 2. The standard InChI is InChI=1S/C38H29F7O/c1-2-3-4-5-24-6-8-25(9-7-24)26-10-12-27(13-11-26)29-16-17-32(34(40)20-29)30-15-14-28(33(39)21-30)18-19-38(44,45)46-31-22-35(41)37(43)36(42)23-31/h6-23H,2-5H2,1H3. The molecule has 0 spiro atoms. The Labute approximate surface area is 262 Å². The van der Waals surface area contributed by atoms with Gasteiger partial charge in [0.2, 0.25) is 0 Å². The number of halogens is 7. The van der Waals surface area contributed by atoms with Gasteiger partial charge in [0, 0.05) is 29.3 Å². The Morgan fingerprint density at radius 3 is 1.72 bits per heavy atom. The first kappa shape index (κ1) is 32.5. The van der Waals surface area contributed by atoms with E-state index in [2.05, 4.69) is 35.9 Å². The highest BCUT2D eigenvalue weighted by Gasteiger charge is 2.29. The number of rotatable bonds is 11. The summed E-state index contributed by atoms with van der Waals surface area (Å²) in [5, 5.41) is 0. The van der Waals surface area contributed by atoms with Crippen molar-refractivity contribution in [1.82, 2.24) is 0 Å². The van der Waals surface area contributed by atoms with Gasteiger partial charge in [-0.1, -0.05) is 92.6 Å². The predicted molar refractivity (Wildman–Crippen MR) is 167 cm³/mol. The van der Waals surface area contributed by atoms with Crippen molar-refractivity contribution in [3.05, 3.63) is 143 Å². The van der Waals surface area contributed by atoms with Crippen LogP contribution in [0.2, 0.25) is 0 Å². The minimum absolute atomic E-state index is 0.114. The third-order valence-corrected chi connectivity index (χ3v) is 7.52. The molecule has 0 aliphatic carbocycles. The molecule has 0 unspecified atom stereocenters. The fourth-order valence-electron chi connectivity index (χ4n) is 5.03. The summed E-state index contributed by atoms with van der Waals surface area (Å²) in [7, 11) is 0. The smallest absolute Gasteiger partial charge is 0.419 e. The van der Waals surface area contributed by atoms with E-state index in [-0.39, 0.29) is 34.9 Å². The first-order chi connectivity index (χ1) is 22.0. The molecule has 0 heterocycles. The molecule has 5 aromatic rings. The third kappa shape index (κ3) is 7.86. The van der Waals surface area contributed by atoms with Crippen LogP contribution in [-0.2, 0) is 6.42 Å². The summed E-state index contributed by atoms with van der Waals surface area (Å²) in [6.45, 7) is 2.18. The van der Waals surface area contributed by atoms with Crippen LogP contribution in [0.1, 0.15) is 37.3 Å². The largest absolute Gasteiger partial charge is 0.429 e. The highest BCUT2D eigenvalue weighted by molar-refractivity contribution is 5.74. The van der Waals surface area contributed by atoms with Crippen LogP contribution in [0.3, 0.4) is 0 Å². The molecule has 1 nitrogen and oxygen atoms in total. The van der Waals surface area contributed by atoms with Gasteiger partial charge >= 0.3 is 6.11 Å². The van der Waals surface area contributed by atoms with E-state index in [1.165, 1.54) is 49.1 Å². The van der Waals surface area contributed by atoms with Crippen molar-refractivity contribution in [1.29, 1.82) is 0 Å². The van der Waals surface area contributed by atoms with E-state index in [1.807, 2.05) is 24.3 Å². The maximum absolute atomic E-state index is 15.2. The van der Waals surface area contributed by atoms with Crippen molar-refractivity contribution in [2.45, 2.75) is 38.7 Å². The number of hydrogen-bond acceptors (Lipinski definition) is 1. The number of aryl methyl sites for hydroxylation is 1. The fraction of sp³-hybridized carbons (Fsp3) is 0.158. The predicted octanol–water partition coefficient (Wildman–Crippen LogP) is 11.8. The van der Waals surface area contributed by atoms with Crippen LogP contribution in [0, 0.1) is 29.1 Å². The molecule has 46 heavy (non-hydrogen) atoms. The van der Waals surface area contributed by atoms with Gasteiger partial charge in [-0.25, -0.2) is 22.0 Å². The minimum Gasteiger partial charge on any atom is -0.429 e. The summed E-state index contributed by atoms with van der Waals surface area (Å²) in [6, 6.07) is 24.9. The molecule has 236 valence electrons. The number of benzene rings is 5. The van der Waals surface area contributed by atoms with Crippen molar-refractivity contribution in [3.8, 4) is 39.1 Å². The Kier molecular flexibility index (Phi) is 9.95. The zero-order valence-corrected chi connectivity index (χ0v) is 24.8. The molecular formula is C38H29F7O. The van der Waals surface area contributed by atoms with E-state index < -0.39 is 40.9 Å². The van der Waals surface area contributed by atoms with E-state index >= 15 is 4.39 Å². The van der Waals surface area contributed by atoms with Gasteiger partial charge in [0.05, 0.1) is 0 Å². The summed E-state index contributed by atoms with van der Waals surface area (Å²) >= 11 is 0. The van der Waals surface area contributed by atoms with Crippen LogP contribution in [0.4, 0.5) is 30.7 Å². The van der Waals surface area contributed by atoms with Crippen molar-refractivity contribution in [2.75, 3.05) is 0 Å². The van der Waals surface area contributed by atoms with Crippen LogP contribution in [-0.4, -0.2) is 6.11 Å². The Balaban J connectivity index is 1.26. The van der Waals surface area contributed by atoms with E-state index in [9.17, 15) is 26.3 Å². The monoisotopic (exact) mass is 634 g/mol. The van der Waals surface area contributed by atoms with Crippen molar-refractivity contribution in [3.63, 3.8) is 0 Å². The lowest BCUT2D eigenvalue weighted by atomic mass is 9.96. The molecule has 8 heteroatoms. The molecule has 5 aromatic carbocycles. The average Bonchev–Trinajstić information content (AvgIpc) is 3.03. The van der Waals surface area contributed by atoms with E-state index in [4.69, 9.17) is 0 Å². The van der Waals surface area contributed by atoms with E-state index in [0.717, 1.165) is 29.2 Å². The topological polar surface area (TPSA) is 9.23 Å². The molecule has 0 bridgehead atoms. The molecular weight excluding hydrogens is 605 g/mol. The Morgan fingerprint density at radius 2 is 1.13 bits per heavy atom. The number of alkyl halides is 2. The summed E-state index contributed by atoms with van der Waals surface area (Å²) in [5.74, 6) is -7.71. The second-order valence-electron chi connectivity index (χ2n) is 10.9. The Morgan fingerprint density at radius 1 is 0.587 bits per heavy atom. The minimum atomic E-state index is -4.11. The molecule has 0 aliphatic rings. The molecule has 5 rings (SSSR count). The zero-order valence-electron chi connectivity index (χ0n) is 24.8. The highest BCUT2D eigenvalue weighted by Crippen LogP contribution is 2.32. The van der Waals surface area contributed by atoms with Gasteiger partial charge in [0.15, 0.2) is 17.5 Å². The van der Waals surface area contributed by atoms with Crippen molar-refractivity contribution in [2.24, 2.45) is 0 Å². The Bertz CT molecular complexity index is 1820. The first-order valence-electron chi connectivity index (χ1n) is 14.7. The van der Waals surface area contributed by atoms with Crippen LogP contribution < -0.4 is 4.74 Å². The van der Waals surface area contributed by atoms with Gasteiger partial charge in [-0.3, -0.25) is 0 Å². The summed E-state index contributed by atoms with van der Waals surface area (Å²) < 4.78 is 102. The molecule has 0 aliphatic heterocycles. The van der Waals surface area contributed by atoms with Crippen molar-refractivity contribution < 1.29 is 35.5 Å². The molecule has 0 N–H and O–H groups in total. The lowest BCUT2D eigenvalue weighted by molar-refractivity contribution is -0.131. The number of ether oxygens (including phenoxy) is 1. The maximum atomic E-state index is 15.2. The highest BCUT2D eigenvalue weighted by atomic mass is 19.3. The lowest BCUT2D eigenvalue weighted by Gasteiger charge is -2.14. The quantitative estimate of drug-likeness (QED) is 0.0798. The van der Waals surface area contributed by atoms with Crippen LogP contribution in [0.25, 0.3) is 39.5 Å². The van der Waals surface area contributed by atoms with Crippen LogP contribution in [0.5, 0.6) is 5.75 Å². The summed E-state index contributed by atoms with van der Waals surface area (Å²) in [5.41, 5.74) is 4.88. The normalized spacial score (nSPS) is 11.7. The molecule has 0 fully saturated rings. The van der Waals surface area contributed by atoms with Crippen LogP contribution >= 0.6 is 0 Å². The zero-order chi connectivity index (χ0) is 32.8. The SMILES string of the molecule is CCCCCc1ccc(-c2ccc(-c3ccc(-c4ccc(C=CC(F)(F)Oc5cc(F)c(F)c(F)c5)c(F)c4)c(F)c3)cc2)cc1. The molecule has 0 saturated heterocycles. The van der Waals surface area contributed by atoms with Gasteiger partial charge in [0.25, 0.3) is 0 Å². The first-order valence-corrected chi connectivity index (χ1v) is 14.7. The third-order valence-electron chi connectivity index (χ3n) is 7.52. The Hall–Kier alpha value is -4.85. The average molecular weight is 635 g/mol. The van der Waals surface area contributed by atoms with E-state index in [0.29, 0.717) is 11.6 Å². The second-order valence-corrected chi connectivity index (χ2v) is 10.9. The van der Waals surface area contributed by atoms with Gasteiger partial charge < -0.3 is 4.74 Å². The second kappa shape index (κ2) is 14.1. The maximum Gasteiger partial charge on any atom is 0.419 e. The molecule has 0 radical (unpaired) electrons. The van der Waals surface area contributed by atoms with Crippen LogP contribution in [0.15, 0.2) is 103 Å². The fourth-order valence-corrected chi connectivity index (χ4v) is 5.03. The molecule has 0 aromatic heterocycles. The molecule has 0 atom stereocenters. The van der Waals surface area contributed by atoms with Gasteiger partial charge in [-0.2, -0.15) is 8.78 Å².